The Hall–Kier alpha value is -2.14. The Morgan fingerprint density at radius 2 is 1.75 bits per heavy atom. The van der Waals surface area contributed by atoms with Gasteiger partial charge in [-0.3, -0.25) is 4.79 Å². The number of piperidine rings is 2. The molecule has 0 aromatic heterocycles. The summed E-state index contributed by atoms with van der Waals surface area (Å²) in [6.07, 6.45) is 2.00. The van der Waals surface area contributed by atoms with Gasteiger partial charge in [0.25, 0.3) is 0 Å². The quantitative estimate of drug-likeness (QED) is 0.930. The lowest BCUT2D eigenvalue weighted by atomic mass is 9.70. The third-order valence-electron chi connectivity index (χ3n) is 5.00. The van der Waals surface area contributed by atoms with Crippen LogP contribution in [-0.2, 0) is 11.2 Å². The summed E-state index contributed by atoms with van der Waals surface area (Å²) in [5, 5.41) is 3.25. The van der Waals surface area contributed by atoms with Crippen molar-refractivity contribution in [3.05, 3.63) is 59.4 Å². The molecule has 1 aliphatic carbocycles. The van der Waals surface area contributed by atoms with Crippen LogP contribution >= 0.6 is 0 Å². The predicted molar refractivity (Wildman–Crippen MR) is 83.9 cm³/mol. The molecule has 3 aliphatic rings. The fraction of sp³-hybridized carbons (Fsp3) is 0.316. The first-order chi connectivity index (χ1) is 11.5. The first-order valence-electron chi connectivity index (χ1n) is 8.05. The van der Waals surface area contributed by atoms with E-state index in [1.807, 2.05) is 0 Å². The van der Waals surface area contributed by atoms with E-state index in [-0.39, 0.29) is 35.3 Å². The van der Waals surface area contributed by atoms with Crippen molar-refractivity contribution in [3.8, 4) is 11.1 Å². The highest BCUT2D eigenvalue weighted by atomic mass is 19.1. The van der Waals surface area contributed by atoms with Gasteiger partial charge in [0.1, 0.15) is 17.5 Å². The number of hydrogen-bond donors (Lipinski definition) is 1. The van der Waals surface area contributed by atoms with Crippen LogP contribution < -0.4 is 5.32 Å². The van der Waals surface area contributed by atoms with Gasteiger partial charge in [-0.15, -0.1) is 0 Å². The van der Waals surface area contributed by atoms with Gasteiger partial charge in [0.15, 0.2) is 5.78 Å². The molecule has 2 nitrogen and oxygen atoms in total. The summed E-state index contributed by atoms with van der Waals surface area (Å²) in [4.78, 5) is 12.2. The fourth-order valence-corrected chi connectivity index (χ4v) is 3.69. The Labute approximate surface area is 137 Å². The monoisotopic (exact) mass is 331 g/mol. The van der Waals surface area contributed by atoms with Crippen LogP contribution in [0.4, 0.5) is 13.2 Å². The van der Waals surface area contributed by atoms with Gasteiger partial charge >= 0.3 is 0 Å². The predicted octanol–water partition coefficient (Wildman–Crippen LogP) is 3.63. The molecular formula is C19H16F3NO. The summed E-state index contributed by atoms with van der Waals surface area (Å²) in [5.41, 5.74) is 0.668. The SMILES string of the molecule is O=C1C2CC(C2)NC1Cc1cccc(-c2cc(F)cc(F)c2)c1F. The van der Waals surface area contributed by atoms with Crippen LogP contribution in [0.3, 0.4) is 0 Å². The highest BCUT2D eigenvalue weighted by Gasteiger charge is 2.44. The molecule has 24 heavy (non-hydrogen) atoms. The van der Waals surface area contributed by atoms with Gasteiger partial charge in [-0.05, 0) is 42.5 Å². The van der Waals surface area contributed by atoms with Crippen molar-refractivity contribution in [2.45, 2.75) is 31.3 Å². The van der Waals surface area contributed by atoms with E-state index in [2.05, 4.69) is 5.32 Å². The number of ketones is 1. The lowest BCUT2D eigenvalue weighted by Gasteiger charge is -2.45. The van der Waals surface area contributed by atoms with Gasteiger partial charge in [0.2, 0.25) is 0 Å². The number of Topliss-reactive ketones (excluding diaryl/α,β-unsaturated/α-hetero) is 1. The van der Waals surface area contributed by atoms with E-state index >= 15 is 0 Å². The molecule has 1 N–H and O–H groups in total. The average molecular weight is 331 g/mol. The van der Waals surface area contributed by atoms with Crippen LogP contribution in [-0.4, -0.2) is 17.9 Å². The number of benzene rings is 2. The van der Waals surface area contributed by atoms with E-state index in [9.17, 15) is 18.0 Å². The maximum Gasteiger partial charge on any atom is 0.153 e. The van der Waals surface area contributed by atoms with E-state index in [1.165, 1.54) is 6.07 Å². The summed E-state index contributed by atoms with van der Waals surface area (Å²) in [6.45, 7) is 0. The summed E-state index contributed by atoms with van der Waals surface area (Å²) in [7, 11) is 0. The molecule has 2 aliphatic heterocycles. The van der Waals surface area contributed by atoms with Crippen molar-refractivity contribution in [2.24, 2.45) is 5.92 Å². The van der Waals surface area contributed by atoms with Crippen LogP contribution in [0.25, 0.3) is 11.1 Å². The molecular weight excluding hydrogens is 315 g/mol. The Kier molecular flexibility index (Phi) is 3.68. The molecule has 0 radical (unpaired) electrons. The number of rotatable bonds is 3. The van der Waals surface area contributed by atoms with Crippen LogP contribution in [0.15, 0.2) is 36.4 Å². The molecule has 1 unspecified atom stereocenters. The summed E-state index contributed by atoms with van der Waals surface area (Å²) in [6, 6.07) is 7.67. The zero-order valence-corrected chi connectivity index (χ0v) is 12.9. The van der Waals surface area contributed by atoms with E-state index in [4.69, 9.17) is 0 Å². The molecule has 2 heterocycles. The van der Waals surface area contributed by atoms with Gasteiger partial charge in [-0.1, -0.05) is 18.2 Å². The van der Waals surface area contributed by atoms with E-state index in [0.29, 0.717) is 11.6 Å². The van der Waals surface area contributed by atoms with Gasteiger partial charge < -0.3 is 5.32 Å². The van der Waals surface area contributed by atoms with Gasteiger partial charge in [-0.2, -0.15) is 0 Å². The highest BCUT2D eigenvalue weighted by molar-refractivity contribution is 5.89. The van der Waals surface area contributed by atoms with Crippen LogP contribution in [0, 0.1) is 23.4 Å². The minimum atomic E-state index is -0.751. The average Bonchev–Trinajstić information content (AvgIpc) is 2.49. The van der Waals surface area contributed by atoms with Gasteiger partial charge in [-0.25, -0.2) is 13.2 Å². The molecule has 2 bridgehead atoms. The van der Waals surface area contributed by atoms with Crippen molar-refractivity contribution in [1.29, 1.82) is 0 Å². The standard InChI is InChI=1S/C19H16F3NO/c20-13-4-11(5-14(21)9-13)16-3-1-2-10(18(16)22)8-17-19(24)12-6-15(7-12)23-17/h1-5,9,12,15,17,23H,6-8H2. The van der Waals surface area contributed by atoms with Crippen molar-refractivity contribution in [1.82, 2.24) is 5.32 Å². The highest BCUT2D eigenvalue weighted by Crippen LogP contribution is 2.35. The van der Waals surface area contributed by atoms with Crippen LogP contribution in [0.1, 0.15) is 18.4 Å². The lowest BCUT2D eigenvalue weighted by molar-refractivity contribution is -0.133. The normalized spacial score (nSPS) is 25.5. The molecule has 2 saturated heterocycles. The summed E-state index contributed by atoms with van der Waals surface area (Å²) >= 11 is 0. The maximum atomic E-state index is 14.8. The second kappa shape index (κ2) is 5.74. The number of hydrogen-bond acceptors (Lipinski definition) is 2. The van der Waals surface area contributed by atoms with Gasteiger partial charge in [0.05, 0.1) is 6.04 Å². The molecule has 1 saturated carbocycles. The molecule has 2 aromatic rings. The summed E-state index contributed by atoms with van der Waals surface area (Å²) < 4.78 is 41.6. The van der Waals surface area contributed by atoms with E-state index < -0.39 is 17.5 Å². The minimum Gasteiger partial charge on any atom is -0.304 e. The zero-order chi connectivity index (χ0) is 16.8. The Balaban J connectivity index is 1.64. The number of nitrogens with one attached hydrogen (secondary N) is 1. The van der Waals surface area contributed by atoms with E-state index in [1.54, 1.807) is 12.1 Å². The fourth-order valence-electron chi connectivity index (χ4n) is 3.69. The number of carbonyl (C=O) groups is 1. The van der Waals surface area contributed by atoms with Crippen LogP contribution in [0.2, 0.25) is 0 Å². The molecule has 2 aromatic carbocycles. The first-order valence-corrected chi connectivity index (χ1v) is 8.05. The molecule has 3 fully saturated rings. The molecule has 1 atom stereocenters. The number of carbonyl (C=O) groups excluding carboxylic acids is 1. The third-order valence-corrected chi connectivity index (χ3v) is 5.00. The van der Waals surface area contributed by atoms with Crippen molar-refractivity contribution >= 4 is 5.78 Å². The van der Waals surface area contributed by atoms with Crippen molar-refractivity contribution < 1.29 is 18.0 Å². The maximum absolute atomic E-state index is 14.8. The van der Waals surface area contributed by atoms with E-state index in [0.717, 1.165) is 31.0 Å². The first kappa shape index (κ1) is 15.4. The Morgan fingerprint density at radius 1 is 1.04 bits per heavy atom. The summed E-state index contributed by atoms with van der Waals surface area (Å²) in [5.74, 6) is -1.79. The lowest BCUT2D eigenvalue weighted by Crippen LogP contribution is -2.61. The van der Waals surface area contributed by atoms with Crippen LogP contribution in [0.5, 0.6) is 0 Å². The molecule has 0 spiro atoms. The molecule has 0 amide bonds. The van der Waals surface area contributed by atoms with Crippen molar-refractivity contribution in [2.75, 3.05) is 0 Å². The third kappa shape index (κ3) is 2.63. The zero-order valence-electron chi connectivity index (χ0n) is 12.9. The smallest absolute Gasteiger partial charge is 0.153 e. The second-order valence-electron chi connectivity index (χ2n) is 6.63. The largest absolute Gasteiger partial charge is 0.304 e. The van der Waals surface area contributed by atoms with Crippen molar-refractivity contribution in [3.63, 3.8) is 0 Å². The molecule has 5 heteroatoms. The number of halogens is 3. The second-order valence-corrected chi connectivity index (χ2v) is 6.63. The molecule has 5 rings (SSSR count). The topological polar surface area (TPSA) is 29.1 Å². The Morgan fingerprint density at radius 3 is 2.42 bits per heavy atom. The Bertz CT molecular complexity index is 794. The number of fused-ring (bicyclic) bond motifs is 2. The molecule has 124 valence electrons. The minimum absolute atomic E-state index is 0.102. The van der Waals surface area contributed by atoms with Gasteiger partial charge in [0, 0.05) is 23.6 Å².